The highest BCUT2D eigenvalue weighted by atomic mass is 35.5. The minimum Gasteiger partial charge on any atom is -0.389 e. The molecule has 0 aromatic carbocycles. The molecule has 1 N–H and O–H groups in total. The van der Waals surface area contributed by atoms with E-state index in [1.54, 1.807) is 0 Å². The molecule has 0 saturated carbocycles. The molecule has 0 bridgehead atoms. The van der Waals surface area contributed by atoms with E-state index in [1.807, 2.05) is 0 Å². The molecule has 0 saturated heterocycles. The van der Waals surface area contributed by atoms with E-state index < -0.39 is 6.10 Å². The van der Waals surface area contributed by atoms with Crippen LogP contribution in [0.15, 0.2) is 0 Å². The zero-order valence-electron chi connectivity index (χ0n) is 10.8. The van der Waals surface area contributed by atoms with Gasteiger partial charge < -0.3 is 9.84 Å². The van der Waals surface area contributed by atoms with Crippen LogP contribution < -0.4 is 0 Å². The Morgan fingerprint density at radius 3 is 2.31 bits per heavy atom. The molecule has 0 rings (SSSR count). The lowest BCUT2D eigenvalue weighted by atomic mass is 10.0. The van der Waals surface area contributed by atoms with Crippen molar-refractivity contribution < 1.29 is 9.84 Å². The van der Waals surface area contributed by atoms with Crippen LogP contribution in [-0.4, -0.2) is 30.3 Å². The van der Waals surface area contributed by atoms with Gasteiger partial charge in [-0.05, 0) is 12.3 Å². The van der Waals surface area contributed by atoms with Gasteiger partial charge in [0.2, 0.25) is 0 Å². The van der Waals surface area contributed by atoms with Crippen LogP contribution in [-0.2, 0) is 4.74 Å². The first-order valence-corrected chi connectivity index (χ1v) is 7.02. The monoisotopic (exact) mass is 250 g/mol. The summed E-state index contributed by atoms with van der Waals surface area (Å²) in [5.41, 5.74) is 0. The van der Waals surface area contributed by atoms with E-state index in [2.05, 4.69) is 13.8 Å². The normalized spacial score (nSPS) is 13.3. The molecule has 16 heavy (non-hydrogen) atoms. The van der Waals surface area contributed by atoms with Gasteiger partial charge in [0.25, 0.3) is 0 Å². The summed E-state index contributed by atoms with van der Waals surface area (Å²) in [6.45, 7) is 5.67. The molecule has 0 amide bonds. The second-order valence-corrected chi connectivity index (χ2v) is 5.14. The Hall–Kier alpha value is 0.210. The van der Waals surface area contributed by atoms with Gasteiger partial charge in [0.15, 0.2) is 0 Å². The topological polar surface area (TPSA) is 29.5 Å². The number of halogens is 1. The minimum atomic E-state index is -0.507. The summed E-state index contributed by atoms with van der Waals surface area (Å²) in [7, 11) is 0. The summed E-state index contributed by atoms with van der Waals surface area (Å²) < 4.78 is 5.30. The van der Waals surface area contributed by atoms with Crippen molar-refractivity contribution in [1.82, 2.24) is 0 Å². The fourth-order valence-corrected chi connectivity index (χ4v) is 1.64. The van der Waals surface area contributed by atoms with Crippen molar-refractivity contribution in [3.63, 3.8) is 0 Å². The summed E-state index contributed by atoms with van der Waals surface area (Å²) in [5.74, 6) is 1.09. The van der Waals surface area contributed by atoms with Crippen LogP contribution >= 0.6 is 11.6 Å². The van der Waals surface area contributed by atoms with Gasteiger partial charge in [-0.1, -0.05) is 46.0 Å². The molecule has 1 atom stereocenters. The minimum absolute atomic E-state index is 0.259. The maximum atomic E-state index is 9.13. The van der Waals surface area contributed by atoms with Crippen LogP contribution in [0.1, 0.15) is 52.4 Å². The lowest BCUT2D eigenvalue weighted by Crippen LogP contribution is -2.17. The van der Waals surface area contributed by atoms with Crippen molar-refractivity contribution >= 4 is 11.6 Å². The number of ether oxygens (including phenoxy) is 1. The molecule has 1 unspecified atom stereocenters. The van der Waals surface area contributed by atoms with Crippen LogP contribution in [0.5, 0.6) is 0 Å². The third-order valence-electron chi connectivity index (χ3n) is 2.56. The highest BCUT2D eigenvalue weighted by molar-refractivity contribution is 6.18. The van der Waals surface area contributed by atoms with Crippen molar-refractivity contribution in [2.75, 3.05) is 19.1 Å². The molecular formula is C13H27ClO2. The smallest absolute Gasteiger partial charge is 0.0908 e. The Bertz CT molecular complexity index is 140. The van der Waals surface area contributed by atoms with Gasteiger partial charge in [0, 0.05) is 6.61 Å². The standard InChI is InChI=1S/C13H27ClO2/c1-12(2)8-6-4-3-5-7-9-16-11-13(15)10-14/h12-13,15H,3-11H2,1-2H3. The summed E-state index contributed by atoms with van der Waals surface area (Å²) >= 11 is 5.44. The van der Waals surface area contributed by atoms with Crippen molar-refractivity contribution in [3.05, 3.63) is 0 Å². The number of aliphatic hydroxyl groups is 1. The molecule has 0 aliphatic rings. The van der Waals surface area contributed by atoms with Gasteiger partial charge in [-0.2, -0.15) is 0 Å². The molecule has 98 valence electrons. The Balaban J connectivity index is 2.99. The molecule has 0 spiro atoms. The lowest BCUT2D eigenvalue weighted by Gasteiger charge is -2.08. The third kappa shape index (κ3) is 12.3. The molecule has 0 aliphatic heterocycles. The lowest BCUT2D eigenvalue weighted by molar-refractivity contribution is 0.0461. The third-order valence-corrected chi connectivity index (χ3v) is 2.91. The molecule has 0 aliphatic carbocycles. The summed E-state index contributed by atoms with van der Waals surface area (Å²) in [6.07, 6.45) is 7.15. The quantitative estimate of drug-likeness (QED) is 0.449. The van der Waals surface area contributed by atoms with Crippen LogP contribution in [0.3, 0.4) is 0 Å². The fraction of sp³-hybridized carbons (Fsp3) is 1.00. The Kier molecular flexibility index (Phi) is 11.8. The van der Waals surface area contributed by atoms with Gasteiger partial charge in [0.05, 0.1) is 18.6 Å². The average Bonchev–Trinajstić information content (AvgIpc) is 2.26. The predicted octanol–water partition coefficient (Wildman–Crippen LogP) is 3.60. The Morgan fingerprint density at radius 1 is 1.06 bits per heavy atom. The van der Waals surface area contributed by atoms with Crippen molar-refractivity contribution in [1.29, 1.82) is 0 Å². The molecule has 2 nitrogen and oxygen atoms in total. The number of hydrogen-bond donors (Lipinski definition) is 1. The molecule has 0 heterocycles. The second kappa shape index (κ2) is 11.7. The number of aliphatic hydroxyl groups excluding tert-OH is 1. The van der Waals surface area contributed by atoms with Crippen molar-refractivity contribution in [2.45, 2.75) is 58.5 Å². The first kappa shape index (κ1) is 16.2. The molecule has 0 radical (unpaired) electrons. The largest absolute Gasteiger partial charge is 0.389 e. The SMILES string of the molecule is CC(C)CCCCCCCOCC(O)CCl. The van der Waals surface area contributed by atoms with Crippen LogP contribution in [0.4, 0.5) is 0 Å². The van der Waals surface area contributed by atoms with E-state index in [4.69, 9.17) is 21.4 Å². The van der Waals surface area contributed by atoms with Gasteiger partial charge in [-0.15, -0.1) is 11.6 Å². The van der Waals surface area contributed by atoms with Gasteiger partial charge in [-0.25, -0.2) is 0 Å². The van der Waals surface area contributed by atoms with Crippen LogP contribution in [0.25, 0.3) is 0 Å². The molecular weight excluding hydrogens is 224 g/mol. The summed E-state index contributed by atoms with van der Waals surface area (Å²) in [4.78, 5) is 0. The van der Waals surface area contributed by atoms with E-state index in [0.717, 1.165) is 18.9 Å². The zero-order valence-corrected chi connectivity index (χ0v) is 11.5. The van der Waals surface area contributed by atoms with Gasteiger partial charge in [0.1, 0.15) is 0 Å². The van der Waals surface area contributed by atoms with Crippen molar-refractivity contribution in [3.8, 4) is 0 Å². The molecule has 3 heteroatoms. The molecule has 0 fully saturated rings. The van der Waals surface area contributed by atoms with Crippen LogP contribution in [0.2, 0.25) is 0 Å². The van der Waals surface area contributed by atoms with E-state index in [0.29, 0.717) is 6.61 Å². The summed E-state index contributed by atoms with van der Waals surface area (Å²) in [5, 5.41) is 9.13. The molecule has 0 aromatic rings. The second-order valence-electron chi connectivity index (χ2n) is 4.83. The first-order chi connectivity index (χ1) is 7.66. The maximum absolute atomic E-state index is 9.13. The van der Waals surface area contributed by atoms with Gasteiger partial charge >= 0.3 is 0 Å². The maximum Gasteiger partial charge on any atom is 0.0908 e. The average molecular weight is 251 g/mol. The van der Waals surface area contributed by atoms with Crippen molar-refractivity contribution in [2.24, 2.45) is 5.92 Å². The fourth-order valence-electron chi connectivity index (χ4n) is 1.55. The predicted molar refractivity (Wildman–Crippen MR) is 70.1 cm³/mol. The number of unbranched alkanes of at least 4 members (excludes halogenated alkanes) is 4. The van der Waals surface area contributed by atoms with E-state index in [9.17, 15) is 0 Å². The highest BCUT2D eigenvalue weighted by Gasteiger charge is 2.00. The van der Waals surface area contributed by atoms with E-state index >= 15 is 0 Å². The molecule has 0 aromatic heterocycles. The van der Waals surface area contributed by atoms with E-state index in [-0.39, 0.29) is 5.88 Å². The first-order valence-electron chi connectivity index (χ1n) is 6.48. The van der Waals surface area contributed by atoms with Crippen LogP contribution in [0, 0.1) is 5.92 Å². The summed E-state index contributed by atoms with van der Waals surface area (Å²) in [6, 6.07) is 0. The number of hydrogen-bond acceptors (Lipinski definition) is 2. The number of rotatable bonds is 11. The van der Waals surface area contributed by atoms with E-state index in [1.165, 1.54) is 32.1 Å². The zero-order chi connectivity index (χ0) is 12.2. The number of alkyl halides is 1. The Morgan fingerprint density at radius 2 is 1.69 bits per heavy atom. The van der Waals surface area contributed by atoms with Gasteiger partial charge in [-0.3, -0.25) is 0 Å². The Labute approximate surface area is 105 Å². The highest BCUT2D eigenvalue weighted by Crippen LogP contribution is 2.10.